The van der Waals surface area contributed by atoms with Gasteiger partial charge in [0.1, 0.15) is 67.6 Å². The first-order valence-electron chi connectivity index (χ1n) is 19.9. The number of nitriles is 2. The minimum Gasteiger partial charge on any atom is -0.488 e. The van der Waals surface area contributed by atoms with Crippen molar-refractivity contribution in [1.29, 1.82) is 10.5 Å². The number of aliphatic carboxylic acids is 1. The van der Waals surface area contributed by atoms with Gasteiger partial charge in [0.15, 0.2) is 5.78 Å². The number of ketones is 1. The molecular formula is C49H43Cl2N5O7. The van der Waals surface area contributed by atoms with Gasteiger partial charge < -0.3 is 29.4 Å². The molecule has 0 fully saturated rings. The number of carbonyl (C=O) groups excluding carboxylic acids is 1. The number of benzene rings is 4. The van der Waals surface area contributed by atoms with Crippen molar-refractivity contribution < 1.29 is 33.6 Å². The molecule has 0 radical (unpaired) electrons. The molecule has 63 heavy (non-hydrogen) atoms. The zero-order valence-corrected chi connectivity index (χ0v) is 36.5. The number of aromatic nitrogens is 2. The minimum atomic E-state index is -0.962. The highest BCUT2D eigenvalue weighted by molar-refractivity contribution is 6.32. The maximum atomic E-state index is 12.5. The van der Waals surface area contributed by atoms with Crippen molar-refractivity contribution in [3.8, 4) is 46.3 Å². The fourth-order valence-electron chi connectivity index (χ4n) is 6.79. The molecule has 12 nitrogen and oxygen atoms in total. The Kier molecular flexibility index (Phi) is 15.3. The van der Waals surface area contributed by atoms with Gasteiger partial charge in [-0.1, -0.05) is 66.5 Å². The Hall–Kier alpha value is -6.96. The molecular weight excluding hydrogens is 841 g/mol. The molecule has 0 bridgehead atoms. The molecule has 0 amide bonds. The van der Waals surface area contributed by atoms with Crippen LogP contribution in [0.1, 0.15) is 80.7 Å². The smallest absolute Gasteiger partial charge is 0.320 e. The first-order valence-corrected chi connectivity index (χ1v) is 20.6. The van der Waals surface area contributed by atoms with Gasteiger partial charge in [0, 0.05) is 60.2 Å². The van der Waals surface area contributed by atoms with Gasteiger partial charge in [0.25, 0.3) is 0 Å². The SMILES string of the molecule is CCC(NCc1cc(Cl)c(OCc2cccc(-c3cccc(COc4cc(OCc5cncc(C#N)c5)c(C(C)=O)cc4Cl)c3C)c2C)cc1OCc1cncc(C#N)c1)C(=O)O. The first-order chi connectivity index (χ1) is 30.4. The Balaban J connectivity index is 1.19. The number of hydrogen-bond acceptors (Lipinski definition) is 11. The minimum absolute atomic E-state index is 0.0785. The van der Waals surface area contributed by atoms with Crippen LogP contribution >= 0.6 is 23.2 Å². The third kappa shape index (κ3) is 11.5. The highest BCUT2D eigenvalue weighted by Gasteiger charge is 2.20. The molecule has 1 unspecified atom stereocenters. The van der Waals surface area contributed by atoms with E-state index in [9.17, 15) is 25.2 Å². The van der Waals surface area contributed by atoms with E-state index in [4.69, 9.17) is 42.1 Å². The van der Waals surface area contributed by atoms with E-state index in [-0.39, 0.29) is 43.8 Å². The van der Waals surface area contributed by atoms with Crippen molar-refractivity contribution in [2.45, 2.75) is 73.1 Å². The van der Waals surface area contributed by atoms with Crippen LogP contribution in [-0.2, 0) is 37.8 Å². The molecule has 0 saturated heterocycles. The standard InChI is InChI=1S/C49H43Cl2N5O7/c1-5-44(49(58)59)56-24-38-14-42(50)47(16-45(38)60-25-34-12-32(18-52)20-54-22-34)62-27-36-8-6-10-39(29(36)2)40-11-7-9-37(30(40)3)28-63-48-17-46(41(31(4)57)15-43(48)51)61-26-35-13-33(19-53)21-55-23-35/h6-17,20-23,44,56H,5,24-28H2,1-4H3,(H,58,59). The fraction of sp³-hybridized carbons (Fsp3) is 0.224. The zero-order chi connectivity index (χ0) is 45.0. The molecule has 0 aliphatic carbocycles. The molecule has 4 aromatic carbocycles. The second-order valence-electron chi connectivity index (χ2n) is 14.6. The molecule has 2 heterocycles. The topological polar surface area (TPSA) is 177 Å². The molecule has 1 atom stereocenters. The first kappa shape index (κ1) is 45.6. The van der Waals surface area contributed by atoms with Gasteiger partial charge in [-0.3, -0.25) is 19.6 Å². The second kappa shape index (κ2) is 21.2. The molecule has 0 saturated carbocycles. The number of Topliss-reactive ketones (excluding diaryl/α,β-unsaturated/α-hetero) is 1. The maximum absolute atomic E-state index is 12.5. The average Bonchev–Trinajstić information content (AvgIpc) is 3.28. The van der Waals surface area contributed by atoms with E-state index in [1.165, 1.54) is 25.4 Å². The van der Waals surface area contributed by atoms with Crippen LogP contribution in [0.5, 0.6) is 23.0 Å². The van der Waals surface area contributed by atoms with E-state index in [0.29, 0.717) is 67.8 Å². The van der Waals surface area contributed by atoms with Crippen molar-refractivity contribution in [3.05, 3.63) is 163 Å². The van der Waals surface area contributed by atoms with Gasteiger partial charge in [-0.15, -0.1) is 0 Å². The molecule has 0 aliphatic rings. The van der Waals surface area contributed by atoms with Gasteiger partial charge in [0.2, 0.25) is 0 Å². The summed E-state index contributed by atoms with van der Waals surface area (Å²) in [4.78, 5) is 32.4. The highest BCUT2D eigenvalue weighted by Crippen LogP contribution is 2.37. The summed E-state index contributed by atoms with van der Waals surface area (Å²) in [6.45, 7) is 7.99. The summed E-state index contributed by atoms with van der Waals surface area (Å²) in [6, 6.07) is 25.2. The van der Waals surface area contributed by atoms with Crippen LogP contribution in [0.25, 0.3) is 11.1 Å². The van der Waals surface area contributed by atoms with E-state index in [0.717, 1.165) is 33.4 Å². The predicted octanol–water partition coefficient (Wildman–Crippen LogP) is 10.3. The molecule has 0 spiro atoms. The number of ether oxygens (including phenoxy) is 4. The Morgan fingerprint density at radius 3 is 1.67 bits per heavy atom. The largest absolute Gasteiger partial charge is 0.488 e. The molecule has 0 aliphatic heterocycles. The third-order valence-corrected chi connectivity index (χ3v) is 10.9. The lowest BCUT2D eigenvalue weighted by atomic mass is 9.92. The Morgan fingerprint density at radius 2 is 1.17 bits per heavy atom. The molecule has 14 heteroatoms. The summed E-state index contributed by atoms with van der Waals surface area (Å²) in [6.07, 6.45) is 6.52. The van der Waals surface area contributed by atoms with Crippen molar-refractivity contribution in [2.75, 3.05) is 0 Å². The third-order valence-electron chi connectivity index (χ3n) is 10.4. The van der Waals surface area contributed by atoms with Crippen LogP contribution < -0.4 is 24.3 Å². The van der Waals surface area contributed by atoms with Gasteiger partial charge in [-0.2, -0.15) is 10.5 Å². The number of rotatable bonds is 19. The number of pyridine rings is 2. The van der Waals surface area contributed by atoms with Gasteiger partial charge in [0.05, 0.1) is 26.7 Å². The van der Waals surface area contributed by atoms with Crippen LogP contribution in [0.2, 0.25) is 10.0 Å². The summed E-state index contributed by atoms with van der Waals surface area (Å²) in [5, 5.41) is 31.8. The number of hydrogen-bond donors (Lipinski definition) is 2. The lowest BCUT2D eigenvalue weighted by Gasteiger charge is -2.19. The van der Waals surface area contributed by atoms with Gasteiger partial charge >= 0.3 is 5.97 Å². The lowest BCUT2D eigenvalue weighted by Crippen LogP contribution is -2.35. The summed E-state index contributed by atoms with van der Waals surface area (Å²) >= 11 is 13.4. The van der Waals surface area contributed by atoms with Crippen LogP contribution in [0.15, 0.2) is 97.6 Å². The Labute approximate surface area is 375 Å². The van der Waals surface area contributed by atoms with Crippen LogP contribution in [0.3, 0.4) is 0 Å². The second-order valence-corrected chi connectivity index (χ2v) is 15.4. The molecule has 2 N–H and O–H groups in total. The Morgan fingerprint density at radius 1 is 0.683 bits per heavy atom. The lowest BCUT2D eigenvalue weighted by molar-refractivity contribution is -0.139. The predicted molar refractivity (Wildman–Crippen MR) is 238 cm³/mol. The number of carbonyl (C=O) groups is 2. The van der Waals surface area contributed by atoms with Crippen LogP contribution in [0, 0.1) is 36.5 Å². The molecule has 2 aromatic heterocycles. The number of nitrogens with one attached hydrogen (secondary N) is 1. The van der Waals surface area contributed by atoms with Gasteiger partial charge in [-0.05, 0) is 84.8 Å². The monoisotopic (exact) mass is 883 g/mol. The van der Waals surface area contributed by atoms with Crippen molar-refractivity contribution in [1.82, 2.24) is 15.3 Å². The summed E-state index contributed by atoms with van der Waals surface area (Å²) in [7, 11) is 0. The van der Waals surface area contributed by atoms with Crippen molar-refractivity contribution >= 4 is 35.0 Å². The number of halogens is 2. The van der Waals surface area contributed by atoms with Crippen LogP contribution in [-0.4, -0.2) is 32.9 Å². The summed E-state index contributed by atoms with van der Waals surface area (Å²) in [5.74, 6) is 0.255. The number of nitrogens with zero attached hydrogens (tertiary/aromatic N) is 4. The molecule has 6 rings (SSSR count). The quantitative estimate of drug-likeness (QED) is 0.0737. The van der Waals surface area contributed by atoms with E-state index in [2.05, 4.69) is 27.4 Å². The van der Waals surface area contributed by atoms with Crippen molar-refractivity contribution in [2.24, 2.45) is 0 Å². The Bertz CT molecular complexity index is 2750. The van der Waals surface area contributed by atoms with Crippen molar-refractivity contribution in [3.63, 3.8) is 0 Å². The van der Waals surface area contributed by atoms with Crippen LogP contribution in [0.4, 0.5) is 0 Å². The molecule has 320 valence electrons. The normalized spacial score (nSPS) is 11.2. The highest BCUT2D eigenvalue weighted by atomic mass is 35.5. The van der Waals surface area contributed by atoms with Gasteiger partial charge in [-0.25, -0.2) is 0 Å². The van der Waals surface area contributed by atoms with E-state index in [1.807, 2.05) is 50.2 Å². The fourth-order valence-corrected chi connectivity index (χ4v) is 7.25. The van der Waals surface area contributed by atoms with E-state index < -0.39 is 12.0 Å². The zero-order valence-electron chi connectivity index (χ0n) is 35.0. The van der Waals surface area contributed by atoms with E-state index in [1.54, 1.807) is 49.6 Å². The maximum Gasteiger partial charge on any atom is 0.320 e. The number of carboxylic acids is 1. The molecule has 6 aromatic rings. The van der Waals surface area contributed by atoms with E-state index >= 15 is 0 Å². The number of carboxylic acid groups (broad SMARTS) is 1. The summed E-state index contributed by atoms with van der Waals surface area (Å²) < 4.78 is 24.8. The summed E-state index contributed by atoms with van der Waals surface area (Å²) in [5.41, 5.74) is 8.91. The average molecular weight is 885 g/mol.